The van der Waals surface area contributed by atoms with Crippen LogP contribution in [0.1, 0.15) is 6.42 Å². The molecular weight excluding hydrogens is 504 g/mol. The molecule has 30 heavy (non-hydrogen) atoms. The average Bonchev–Trinajstić information content (AvgIpc) is 2.93. The van der Waals surface area contributed by atoms with Gasteiger partial charge in [0.2, 0.25) is 0 Å². The predicted molar refractivity (Wildman–Crippen MR) is 82.7 cm³/mol. The Morgan fingerprint density at radius 1 is 0.933 bits per heavy atom. The summed E-state index contributed by atoms with van der Waals surface area (Å²) in [6.07, 6.45) is 0.116. The van der Waals surface area contributed by atoms with Crippen LogP contribution in [-0.2, 0) is 39.9 Å². The van der Waals surface area contributed by atoms with Crippen molar-refractivity contribution in [3.05, 3.63) is 0 Å². The number of carbonyl (C=O) groups is 1. The summed E-state index contributed by atoms with van der Waals surface area (Å²) >= 11 is 0. The smallest absolute Gasteiger partial charge is 0.429 e. The molecule has 0 saturated carbocycles. The van der Waals surface area contributed by atoms with Gasteiger partial charge in [0.05, 0.1) is 6.61 Å². The second kappa shape index (κ2) is 8.35. The van der Waals surface area contributed by atoms with E-state index in [1.807, 2.05) is 0 Å². The summed E-state index contributed by atoms with van der Waals surface area (Å²) in [5, 5.41) is -11.5. The summed E-state index contributed by atoms with van der Waals surface area (Å²) in [5.41, 5.74) is 0. The summed E-state index contributed by atoms with van der Waals surface area (Å²) in [5.74, 6) is -7.99. The fourth-order valence-corrected chi connectivity index (χ4v) is 4.98. The van der Waals surface area contributed by atoms with E-state index in [9.17, 15) is 56.4 Å². The van der Waals surface area contributed by atoms with Crippen LogP contribution in [0.25, 0.3) is 0 Å². The van der Waals surface area contributed by atoms with Gasteiger partial charge in [-0.2, -0.15) is 34.8 Å². The topological polar surface area (TPSA) is 185 Å². The Bertz CT molecular complexity index is 983. The molecule has 0 spiro atoms. The zero-order valence-electron chi connectivity index (χ0n) is 14.1. The Hall–Kier alpha value is -1.26. The molecule has 21 heteroatoms. The first-order valence-corrected chi connectivity index (χ1v) is 11.6. The molecule has 0 aromatic heterocycles. The molecule has 178 valence electrons. The van der Waals surface area contributed by atoms with E-state index in [0.29, 0.717) is 0 Å². The second-order valence-corrected chi connectivity index (χ2v) is 10.5. The normalized spacial score (nSPS) is 19.7. The molecular formula is C9H13F6N3O9S3. The third-order valence-electron chi connectivity index (χ3n) is 3.36. The number of esters is 1. The van der Waals surface area contributed by atoms with Crippen molar-refractivity contribution in [2.75, 3.05) is 19.7 Å². The Morgan fingerprint density at radius 3 is 1.87 bits per heavy atom. The number of ether oxygens (including phenoxy) is 1. The number of hydrogen-bond acceptors (Lipinski definition) is 9. The van der Waals surface area contributed by atoms with Gasteiger partial charge in [0.15, 0.2) is 0 Å². The monoisotopic (exact) mass is 517 g/mol. The number of nitrogens with one attached hydrogen (secondary N) is 3. The number of alkyl halides is 6. The van der Waals surface area contributed by atoms with E-state index in [-0.39, 0.29) is 17.2 Å². The van der Waals surface area contributed by atoms with Gasteiger partial charge in [0, 0.05) is 19.5 Å². The summed E-state index contributed by atoms with van der Waals surface area (Å²) in [6.45, 7) is -1.76. The molecule has 0 aromatic carbocycles. The van der Waals surface area contributed by atoms with Crippen LogP contribution >= 0.6 is 0 Å². The molecule has 0 radical (unpaired) electrons. The second-order valence-electron chi connectivity index (χ2n) is 5.53. The lowest BCUT2D eigenvalue weighted by atomic mass is 10.2. The van der Waals surface area contributed by atoms with E-state index in [0.717, 1.165) is 4.72 Å². The van der Waals surface area contributed by atoms with Gasteiger partial charge in [0.25, 0.3) is 20.0 Å². The molecule has 1 rings (SSSR count). The van der Waals surface area contributed by atoms with Crippen LogP contribution < -0.4 is 14.2 Å². The van der Waals surface area contributed by atoms with Crippen LogP contribution in [0.2, 0.25) is 0 Å². The number of rotatable bonds is 11. The molecule has 12 nitrogen and oxygen atoms in total. The van der Waals surface area contributed by atoms with Crippen molar-refractivity contribution in [1.29, 1.82) is 0 Å². The van der Waals surface area contributed by atoms with E-state index < -0.39 is 71.9 Å². The summed E-state index contributed by atoms with van der Waals surface area (Å²) in [6, 6.07) is -0.961. The Morgan fingerprint density at radius 2 is 1.43 bits per heavy atom. The molecule has 1 aliphatic heterocycles. The van der Waals surface area contributed by atoms with Crippen molar-refractivity contribution in [2.24, 2.45) is 0 Å². The molecule has 1 fully saturated rings. The third-order valence-corrected chi connectivity index (χ3v) is 7.53. The van der Waals surface area contributed by atoms with Gasteiger partial charge < -0.3 is 10.1 Å². The largest absolute Gasteiger partial charge is 0.464 e. The molecule has 1 heterocycles. The first kappa shape index (κ1) is 26.8. The highest BCUT2D eigenvalue weighted by Gasteiger charge is 2.82. The summed E-state index contributed by atoms with van der Waals surface area (Å²) in [4.78, 5) is 11.1. The number of sulfonamides is 2. The Kier molecular flexibility index (Phi) is 7.45. The minimum Gasteiger partial charge on any atom is -0.464 e. The third kappa shape index (κ3) is 5.13. The van der Waals surface area contributed by atoms with Gasteiger partial charge in [0.1, 0.15) is 6.04 Å². The molecule has 0 bridgehead atoms. The van der Waals surface area contributed by atoms with E-state index in [4.69, 9.17) is 4.55 Å². The van der Waals surface area contributed by atoms with E-state index >= 15 is 0 Å². The minimum absolute atomic E-state index is 0.00628. The van der Waals surface area contributed by atoms with Crippen molar-refractivity contribution in [2.45, 2.75) is 28.9 Å². The number of cyclic esters (lactones) is 1. The van der Waals surface area contributed by atoms with Crippen LogP contribution in [0.3, 0.4) is 0 Å². The average molecular weight is 517 g/mol. The summed E-state index contributed by atoms with van der Waals surface area (Å²) < 4.78 is 161. The zero-order valence-corrected chi connectivity index (χ0v) is 16.6. The van der Waals surface area contributed by atoms with Gasteiger partial charge in [-0.1, -0.05) is 4.13 Å². The fourth-order valence-electron chi connectivity index (χ4n) is 1.90. The standard InChI is InChI=1S/C9H13F6N3O9S3/c10-7(11,9(14,15)29(22,23)18-30(24,25)26)8(12,13)28(20,21)17-3-2-16-5-1-4-27-6(5)19/h5,16-18H,1-4H2,(H,24,25,26). The Balaban J connectivity index is 3.02. The van der Waals surface area contributed by atoms with Gasteiger partial charge in [-0.15, -0.1) is 0 Å². The van der Waals surface area contributed by atoms with Crippen molar-refractivity contribution in [3.8, 4) is 0 Å². The van der Waals surface area contributed by atoms with E-state index in [1.54, 1.807) is 0 Å². The lowest BCUT2D eigenvalue weighted by Gasteiger charge is -2.31. The van der Waals surface area contributed by atoms with Crippen LogP contribution in [-0.4, -0.2) is 77.9 Å². The van der Waals surface area contributed by atoms with Crippen molar-refractivity contribution in [1.82, 2.24) is 14.2 Å². The van der Waals surface area contributed by atoms with Gasteiger partial charge in [-0.25, -0.2) is 21.6 Å². The maximum Gasteiger partial charge on any atom is 0.429 e. The number of hydrogen-bond donors (Lipinski definition) is 4. The van der Waals surface area contributed by atoms with Gasteiger partial charge >= 0.3 is 32.7 Å². The van der Waals surface area contributed by atoms with Crippen LogP contribution in [0.4, 0.5) is 26.3 Å². The van der Waals surface area contributed by atoms with Crippen molar-refractivity contribution >= 4 is 36.3 Å². The fraction of sp³-hybridized carbons (Fsp3) is 0.889. The molecule has 1 saturated heterocycles. The van der Waals surface area contributed by atoms with Gasteiger partial charge in [-0.05, 0) is 0 Å². The lowest BCUT2D eigenvalue weighted by molar-refractivity contribution is -0.244. The first-order chi connectivity index (χ1) is 13.2. The quantitative estimate of drug-likeness (QED) is 0.107. The maximum atomic E-state index is 13.7. The molecule has 4 N–H and O–H groups in total. The van der Waals surface area contributed by atoms with Crippen LogP contribution in [0, 0.1) is 0 Å². The molecule has 0 aromatic rings. The highest BCUT2D eigenvalue weighted by molar-refractivity contribution is 8.03. The van der Waals surface area contributed by atoms with Crippen LogP contribution in [0.5, 0.6) is 0 Å². The maximum absolute atomic E-state index is 13.7. The minimum atomic E-state index is -7.27. The zero-order chi connectivity index (χ0) is 23.8. The van der Waals surface area contributed by atoms with Crippen molar-refractivity contribution in [3.63, 3.8) is 0 Å². The molecule has 1 atom stereocenters. The molecule has 0 aliphatic carbocycles. The number of halogens is 6. The highest BCUT2D eigenvalue weighted by atomic mass is 32.3. The molecule has 1 aliphatic rings. The highest BCUT2D eigenvalue weighted by Crippen LogP contribution is 2.50. The molecule has 1 unspecified atom stereocenters. The predicted octanol–water partition coefficient (Wildman–Crippen LogP) is -1.65. The van der Waals surface area contributed by atoms with E-state index in [1.165, 1.54) is 0 Å². The lowest BCUT2D eigenvalue weighted by Crippen LogP contribution is -2.64. The van der Waals surface area contributed by atoms with E-state index in [2.05, 4.69) is 10.1 Å². The van der Waals surface area contributed by atoms with Crippen LogP contribution in [0.15, 0.2) is 0 Å². The van der Waals surface area contributed by atoms with Gasteiger partial charge in [-0.3, -0.25) is 9.35 Å². The summed E-state index contributed by atoms with van der Waals surface area (Å²) in [7, 11) is -20.1. The molecule has 0 amide bonds. The van der Waals surface area contributed by atoms with Crippen molar-refractivity contribution < 1.29 is 65.7 Å². The first-order valence-electron chi connectivity index (χ1n) is 7.23. The Labute approximate surface area is 165 Å². The number of carbonyl (C=O) groups excluding carboxylic acids is 1. The SMILES string of the molecule is O=C1OCCC1NCCNS(=O)(=O)C(F)(F)C(F)(F)C(F)(F)S(=O)(=O)NS(=O)(=O)O.